The van der Waals surface area contributed by atoms with Gasteiger partial charge in [0, 0.05) is 19.1 Å². The zero-order valence-corrected chi connectivity index (χ0v) is 13.1. The summed E-state index contributed by atoms with van der Waals surface area (Å²) in [4.78, 5) is 0. The molecule has 0 aromatic heterocycles. The summed E-state index contributed by atoms with van der Waals surface area (Å²) in [7, 11) is -3.21. The lowest BCUT2D eigenvalue weighted by molar-refractivity contribution is 0.250. The first-order chi connectivity index (χ1) is 9.38. The Labute approximate surface area is 122 Å². The Morgan fingerprint density at radius 1 is 1.35 bits per heavy atom. The molecule has 1 aromatic carbocycles. The van der Waals surface area contributed by atoms with Crippen molar-refractivity contribution in [2.24, 2.45) is 11.7 Å². The first kappa shape index (κ1) is 15.5. The van der Waals surface area contributed by atoms with Crippen molar-refractivity contribution in [3.63, 3.8) is 0 Å². The Kier molecular flexibility index (Phi) is 4.83. The van der Waals surface area contributed by atoms with Gasteiger partial charge in [0.05, 0.1) is 5.75 Å². The lowest BCUT2D eigenvalue weighted by Crippen LogP contribution is -2.42. The lowest BCUT2D eigenvalue weighted by atomic mass is 9.92. The van der Waals surface area contributed by atoms with Crippen LogP contribution >= 0.6 is 0 Å². The summed E-state index contributed by atoms with van der Waals surface area (Å²) in [6.07, 6.45) is 1.73. The number of hydrogen-bond donors (Lipinski definition) is 1. The van der Waals surface area contributed by atoms with E-state index in [0.29, 0.717) is 19.0 Å². The van der Waals surface area contributed by atoms with Crippen LogP contribution in [-0.2, 0) is 15.8 Å². The van der Waals surface area contributed by atoms with Crippen LogP contribution in [0.2, 0.25) is 0 Å². The van der Waals surface area contributed by atoms with E-state index < -0.39 is 10.0 Å². The quantitative estimate of drug-likeness (QED) is 0.923. The van der Waals surface area contributed by atoms with Crippen LogP contribution in [0, 0.1) is 12.8 Å². The summed E-state index contributed by atoms with van der Waals surface area (Å²) in [6.45, 7) is 5.17. The Morgan fingerprint density at radius 3 is 2.55 bits per heavy atom. The first-order valence-electron chi connectivity index (χ1n) is 7.17. The largest absolute Gasteiger partial charge is 0.328 e. The van der Waals surface area contributed by atoms with Crippen molar-refractivity contribution in [1.82, 2.24) is 4.31 Å². The monoisotopic (exact) mass is 296 g/mol. The topological polar surface area (TPSA) is 63.4 Å². The smallest absolute Gasteiger partial charge is 0.218 e. The van der Waals surface area contributed by atoms with Crippen LogP contribution in [0.4, 0.5) is 0 Å². The SMILES string of the molecule is Cc1cccc(CS(=O)(=O)N2CCC(C(C)N)CC2)c1. The number of aryl methyl sites for hydroxylation is 1. The van der Waals surface area contributed by atoms with Gasteiger partial charge >= 0.3 is 0 Å². The van der Waals surface area contributed by atoms with Gasteiger partial charge in [0.25, 0.3) is 0 Å². The van der Waals surface area contributed by atoms with Crippen LogP contribution in [-0.4, -0.2) is 31.9 Å². The van der Waals surface area contributed by atoms with E-state index in [9.17, 15) is 8.42 Å². The molecule has 1 aliphatic heterocycles. The molecule has 1 fully saturated rings. The highest BCUT2D eigenvalue weighted by Crippen LogP contribution is 2.23. The van der Waals surface area contributed by atoms with Gasteiger partial charge in [-0.2, -0.15) is 0 Å². The highest BCUT2D eigenvalue weighted by atomic mass is 32.2. The minimum absolute atomic E-state index is 0.0948. The minimum Gasteiger partial charge on any atom is -0.328 e. The third-order valence-corrected chi connectivity index (χ3v) is 5.92. The third-order valence-electron chi connectivity index (χ3n) is 4.07. The Balaban J connectivity index is 2.01. The van der Waals surface area contributed by atoms with E-state index in [-0.39, 0.29) is 11.8 Å². The maximum absolute atomic E-state index is 12.4. The van der Waals surface area contributed by atoms with Crippen molar-refractivity contribution < 1.29 is 8.42 Å². The van der Waals surface area contributed by atoms with Crippen LogP contribution in [0.25, 0.3) is 0 Å². The lowest BCUT2D eigenvalue weighted by Gasteiger charge is -2.33. The fraction of sp³-hybridized carbons (Fsp3) is 0.600. The molecule has 20 heavy (non-hydrogen) atoms. The molecule has 1 aromatic rings. The molecule has 4 nitrogen and oxygen atoms in total. The van der Waals surface area contributed by atoms with Crippen LogP contribution in [0.1, 0.15) is 30.9 Å². The summed E-state index contributed by atoms with van der Waals surface area (Å²) >= 11 is 0. The highest BCUT2D eigenvalue weighted by molar-refractivity contribution is 7.88. The molecule has 5 heteroatoms. The number of rotatable bonds is 4. The van der Waals surface area contributed by atoms with E-state index in [1.165, 1.54) is 0 Å². The molecule has 0 saturated carbocycles. The van der Waals surface area contributed by atoms with Crippen molar-refractivity contribution in [3.8, 4) is 0 Å². The van der Waals surface area contributed by atoms with Gasteiger partial charge in [-0.15, -0.1) is 0 Å². The van der Waals surface area contributed by atoms with Crippen molar-refractivity contribution in [2.45, 2.75) is 38.5 Å². The predicted octanol–water partition coefficient (Wildman–Crippen LogP) is 1.88. The number of hydrogen-bond acceptors (Lipinski definition) is 3. The van der Waals surface area contributed by atoms with Crippen LogP contribution in [0.3, 0.4) is 0 Å². The number of benzene rings is 1. The summed E-state index contributed by atoms with van der Waals surface area (Å²) in [5, 5.41) is 0. The molecular formula is C15H24N2O2S. The summed E-state index contributed by atoms with van der Waals surface area (Å²) in [6, 6.07) is 7.84. The zero-order valence-electron chi connectivity index (χ0n) is 12.2. The van der Waals surface area contributed by atoms with E-state index in [2.05, 4.69) is 0 Å². The highest BCUT2D eigenvalue weighted by Gasteiger charge is 2.29. The molecule has 1 unspecified atom stereocenters. The number of nitrogens with two attached hydrogens (primary N) is 1. The molecule has 1 saturated heterocycles. The van der Waals surface area contributed by atoms with Gasteiger partial charge in [-0.25, -0.2) is 12.7 Å². The second-order valence-corrected chi connectivity index (χ2v) is 7.81. The van der Waals surface area contributed by atoms with Gasteiger partial charge in [-0.05, 0) is 38.2 Å². The Hall–Kier alpha value is -0.910. The fourth-order valence-electron chi connectivity index (χ4n) is 2.78. The minimum atomic E-state index is -3.21. The fourth-order valence-corrected chi connectivity index (χ4v) is 4.33. The van der Waals surface area contributed by atoms with Gasteiger partial charge in [-0.3, -0.25) is 0 Å². The summed E-state index contributed by atoms with van der Waals surface area (Å²) in [5.41, 5.74) is 7.85. The Bertz CT molecular complexity index is 547. The number of sulfonamides is 1. The molecule has 2 rings (SSSR count). The molecule has 1 aliphatic rings. The molecule has 112 valence electrons. The van der Waals surface area contributed by atoms with Gasteiger partial charge in [0.15, 0.2) is 0 Å². The molecule has 0 amide bonds. The zero-order chi connectivity index (χ0) is 14.8. The normalized spacial score (nSPS) is 19.9. The molecule has 1 heterocycles. The van der Waals surface area contributed by atoms with Crippen molar-refractivity contribution in [1.29, 1.82) is 0 Å². The van der Waals surface area contributed by atoms with E-state index in [4.69, 9.17) is 5.73 Å². The maximum atomic E-state index is 12.4. The molecule has 0 spiro atoms. The van der Waals surface area contributed by atoms with E-state index in [1.54, 1.807) is 4.31 Å². The van der Waals surface area contributed by atoms with E-state index in [1.807, 2.05) is 38.1 Å². The number of piperidine rings is 1. The Morgan fingerprint density at radius 2 is 2.00 bits per heavy atom. The molecule has 1 atom stereocenters. The van der Waals surface area contributed by atoms with Crippen LogP contribution in [0.15, 0.2) is 24.3 Å². The number of nitrogens with zero attached hydrogens (tertiary/aromatic N) is 1. The van der Waals surface area contributed by atoms with E-state index >= 15 is 0 Å². The predicted molar refractivity (Wildman–Crippen MR) is 81.7 cm³/mol. The molecule has 0 aliphatic carbocycles. The average molecular weight is 296 g/mol. The summed E-state index contributed by atoms with van der Waals surface area (Å²) in [5.74, 6) is 0.540. The molecule has 0 bridgehead atoms. The second-order valence-electron chi connectivity index (χ2n) is 5.84. The summed E-state index contributed by atoms with van der Waals surface area (Å²) < 4.78 is 26.5. The molecule has 0 radical (unpaired) electrons. The van der Waals surface area contributed by atoms with Crippen molar-refractivity contribution in [2.75, 3.05) is 13.1 Å². The van der Waals surface area contributed by atoms with Crippen molar-refractivity contribution in [3.05, 3.63) is 35.4 Å². The standard InChI is InChI=1S/C15H24N2O2S/c1-12-4-3-5-14(10-12)11-20(18,19)17-8-6-15(7-9-17)13(2)16/h3-5,10,13,15H,6-9,11,16H2,1-2H3. The van der Waals surface area contributed by atoms with Crippen LogP contribution < -0.4 is 5.73 Å². The van der Waals surface area contributed by atoms with Gasteiger partial charge in [0.1, 0.15) is 0 Å². The van der Waals surface area contributed by atoms with Crippen molar-refractivity contribution >= 4 is 10.0 Å². The van der Waals surface area contributed by atoms with E-state index in [0.717, 1.165) is 24.0 Å². The average Bonchev–Trinajstić information content (AvgIpc) is 2.38. The third kappa shape index (κ3) is 3.81. The first-order valence-corrected chi connectivity index (χ1v) is 8.78. The second kappa shape index (κ2) is 6.24. The molecular weight excluding hydrogens is 272 g/mol. The molecule has 2 N–H and O–H groups in total. The van der Waals surface area contributed by atoms with Gasteiger partial charge in [-0.1, -0.05) is 29.8 Å². The maximum Gasteiger partial charge on any atom is 0.218 e. The van der Waals surface area contributed by atoms with Gasteiger partial charge < -0.3 is 5.73 Å². The van der Waals surface area contributed by atoms with Gasteiger partial charge in [0.2, 0.25) is 10.0 Å². The van der Waals surface area contributed by atoms with Crippen LogP contribution in [0.5, 0.6) is 0 Å².